The zero-order valence-corrected chi connectivity index (χ0v) is 11.0. The van der Waals surface area contributed by atoms with Crippen molar-refractivity contribution in [2.45, 2.75) is 0 Å². The van der Waals surface area contributed by atoms with Crippen LogP contribution in [0.15, 0.2) is 30.3 Å². The van der Waals surface area contributed by atoms with Crippen LogP contribution in [0.2, 0.25) is 5.02 Å². The molecule has 21 heavy (non-hydrogen) atoms. The first-order chi connectivity index (χ1) is 9.97. The molecule has 0 fully saturated rings. The molecule has 1 heterocycles. The molecule has 0 aliphatic rings. The number of rotatable bonds is 2. The molecule has 0 aliphatic carbocycles. The summed E-state index contributed by atoms with van der Waals surface area (Å²) in [4.78, 5) is 10.9. The predicted octanol–water partition coefficient (Wildman–Crippen LogP) is 3.05. The monoisotopic (exact) mass is 309 g/mol. The van der Waals surface area contributed by atoms with Crippen LogP contribution in [-0.2, 0) is 0 Å². The Labute approximate surface area is 121 Å². The van der Waals surface area contributed by atoms with E-state index in [2.05, 4.69) is 10.3 Å². The molecule has 2 aromatic carbocycles. The smallest absolute Gasteiger partial charge is 0.335 e. The fourth-order valence-electron chi connectivity index (χ4n) is 1.96. The molecule has 1 N–H and O–H groups in total. The van der Waals surface area contributed by atoms with Crippen molar-refractivity contribution in [1.82, 2.24) is 15.0 Å². The highest BCUT2D eigenvalue weighted by Gasteiger charge is 2.17. The molecule has 5 nitrogen and oxygen atoms in total. The SMILES string of the molecule is O=C(O)c1ccc2c(c1)nnn2-c1c(F)cc(F)cc1Cl. The van der Waals surface area contributed by atoms with Gasteiger partial charge in [0.15, 0.2) is 5.82 Å². The second-order valence-electron chi connectivity index (χ2n) is 4.23. The zero-order valence-electron chi connectivity index (χ0n) is 10.2. The largest absolute Gasteiger partial charge is 0.478 e. The molecule has 0 saturated heterocycles. The highest BCUT2D eigenvalue weighted by Crippen LogP contribution is 2.27. The standard InChI is InChI=1S/C13H6ClF2N3O2/c14-8-4-7(15)5-9(16)12(8)19-11-2-1-6(13(20)21)3-10(11)17-18-19/h1-5H,(H,20,21). The van der Waals surface area contributed by atoms with E-state index in [4.69, 9.17) is 16.7 Å². The van der Waals surface area contributed by atoms with Crippen molar-refractivity contribution in [3.05, 3.63) is 52.6 Å². The van der Waals surface area contributed by atoms with Crippen LogP contribution in [0.5, 0.6) is 0 Å². The van der Waals surface area contributed by atoms with Crippen LogP contribution < -0.4 is 0 Å². The molecule has 0 radical (unpaired) electrons. The number of fused-ring (bicyclic) bond motifs is 1. The summed E-state index contributed by atoms with van der Waals surface area (Å²) < 4.78 is 28.1. The Kier molecular flexibility index (Phi) is 3.06. The highest BCUT2D eigenvalue weighted by molar-refractivity contribution is 6.32. The molecule has 8 heteroatoms. The summed E-state index contributed by atoms with van der Waals surface area (Å²) in [5, 5.41) is 16.3. The normalized spacial score (nSPS) is 11.0. The van der Waals surface area contributed by atoms with Gasteiger partial charge in [-0.25, -0.2) is 18.3 Å². The summed E-state index contributed by atoms with van der Waals surface area (Å²) in [6, 6.07) is 5.70. The van der Waals surface area contributed by atoms with Crippen LogP contribution in [0.3, 0.4) is 0 Å². The predicted molar refractivity (Wildman–Crippen MR) is 70.8 cm³/mol. The second kappa shape index (κ2) is 4.78. The number of carbonyl (C=O) groups is 1. The van der Waals surface area contributed by atoms with E-state index in [9.17, 15) is 13.6 Å². The third-order valence-corrected chi connectivity index (χ3v) is 3.17. The number of hydrogen-bond donors (Lipinski definition) is 1. The number of carboxylic acid groups (broad SMARTS) is 1. The Morgan fingerprint density at radius 3 is 2.67 bits per heavy atom. The van der Waals surface area contributed by atoms with E-state index < -0.39 is 17.6 Å². The van der Waals surface area contributed by atoms with Crippen molar-refractivity contribution >= 4 is 28.6 Å². The summed E-state index contributed by atoms with van der Waals surface area (Å²) in [7, 11) is 0. The van der Waals surface area contributed by atoms with Gasteiger partial charge in [-0.15, -0.1) is 5.10 Å². The molecule has 3 rings (SSSR count). The Bertz CT molecular complexity index is 856. The Morgan fingerprint density at radius 2 is 2.00 bits per heavy atom. The molecule has 0 atom stereocenters. The van der Waals surface area contributed by atoms with E-state index in [1.165, 1.54) is 18.2 Å². The van der Waals surface area contributed by atoms with Gasteiger partial charge >= 0.3 is 5.97 Å². The molecule has 0 bridgehead atoms. The molecule has 0 spiro atoms. The molecular formula is C13H6ClF2N3O2. The Balaban J connectivity index is 2.25. The number of aromatic carboxylic acids is 1. The van der Waals surface area contributed by atoms with Gasteiger partial charge in [-0.05, 0) is 24.3 Å². The fraction of sp³-hybridized carbons (Fsp3) is 0. The summed E-state index contributed by atoms with van der Waals surface area (Å²) in [6.07, 6.45) is 0. The minimum Gasteiger partial charge on any atom is -0.478 e. The van der Waals surface area contributed by atoms with Crippen molar-refractivity contribution in [3.63, 3.8) is 0 Å². The van der Waals surface area contributed by atoms with E-state index in [0.29, 0.717) is 11.6 Å². The van der Waals surface area contributed by atoms with Crippen molar-refractivity contribution in [3.8, 4) is 5.69 Å². The molecule has 106 valence electrons. The molecule has 0 saturated carbocycles. The van der Waals surface area contributed by atoms with Gasteiger partial charge in [-0.2, -0.15) is 0 Å². The van der Waals surface area contributed by atoms with Gasteiger partial charge in [0.25, 0.3) is 0 Å². The lowest BCUT2D eigenvalue weighted by Gasteiger charge is -2.06. The molecule has 1 aromatic heterocycles. The molecular weight excluding hydrogens is 304 g/mol. The van der Waals surface area contributed by atoms with Crippen molar-refractivity contribution < 1.29 is 18.7 Å². The zero-order chi connectivity index (χ0) is 15.1. The first-order valence-corrected chi connectivity index (χ1v) is 6.09. The van der Waals surface area contributed by atoms with Crippen LogP contribution in [-0.4, -0.2) is 26.1 Å². The number of aromatic nitrogens is 3. The minimum atomic E-state index is -1.11. The summed E-state index contributed by atoms with van der Waals surface area (Å²) in [5.74, 6) is -2.81. The van der Waals surface area contributed by atoms with Crippen molar-refractivity contribution in [2.24, 2.45) is 0 Å². The molecule has 0 aliphatic heterocycles. The lowest BCUT2D eigenvalue weighted by Crippen LogP contribution is -2.02. The topological polar surface area (TPSA) is 68.0 Å². The highest BCUT2D eigenvalue weighted by atomic mass is 35.5. The average molecular weight is 310 g/mol. The van der Waals surface area contributed by atoms with E-state index in [1.807, 2.05) is 0 Å². The number of benzene rings is 2. The lowest BCUT2D eigenvalue weighted by atomic mass is 10.2. The number of halogens is 3. The second-order valence-corrected chi connectivity index (χ2v) is 4.64. The van der Waals surface area contributed by atoms with Crippen molar-refractivity contribution in [2.75, 3.05) is 0 Å². The minimum absolute atomic E-state index is 0.0280. The third-order valence-electron chi connectivity index (χ3n) is 2.89. The summed E-state index contributed by atoms with van der Waals surface area (Å²) in [6.45, 7) is 0. The van der Waals surface area contributed by atoms with Crippen LogP contribution in [0, 0.1) is 11.6 Å². The van der Waals surface area contributed by atoms with Gasteiger partial charge in [-0.1, -0.05) is 16.8 Å². The van der Waals surface area contributed by atoms with E-state index in [0.717, 1.165) is 10.7 Å². The van der Waals surface area contributed by atoms with Crippen LogP contribution in [0.4, 0.5) is 8.78 Å². The fourth-order valence-corrected chi connectivity index (χ4v) is 2.23. The maximum atomic E-state index is 13.9. The van der Waals surface area contributed by atoms with Gasteiger partial charge in [-0.3, -0.25) is 0 Å². The maximum absolute atomic E-state index is 13.9. The lowest BCUT2D eigenvalue weighted by molar-refractivity contribution is 0.0697. The first-order valence-electron chi connectivity index (χ1n) is 5.71. The molecule has 0 unspecified atom stereocenters. The first kappa shape index (κ1) is 13.4. The Hall–Kier alpha value is -2.54. The van der Waals surface area contributed by atoms with E-state index in [-0.39, 0.29) is 21.8 Å². The van der Waals surface area contributed by atoms with Gasteiger partial charge in [0.05, 0.1) is 16.1 Å². The number of nitrogens with zero attached hydrogens (tertiary/aromatic N) is 3. The molecule has 3 aromatic rings. The maximum Gasteiger partial charge on any atom is 0.335 e. The van der Waals surface area contributed by atoms with E-state index >= 15 is 0 Å². The third kappa shape index (κ3) is 2.21. The van der Waals surface area contributed by atoms with Gasteiger partial charge < -0.3 is 5.11 Å². The van der Waals surface area contributed by atoms with Crippen LogP contribution in [0.25, 0.3) is 16.7 Å². The summed E-state index contributed by atoms with van der Waals surface area (Å²) >= 11 is 5.85. The van der Waals surface area contributed by atoms with Gasteiger partial charge in [0, 0.05) is 6.07 Å². The quantitative estimate of drug-likeness (QED) is 0.790. The van der Waals surface area contributed by atoms with Crippen LogP contribution in [0.1, 0.15) is 10.4 Å². The molecule has 0 amide bonds. The van der Waals surface area contributed by atoms with E-state index in [1.54, 1.807) is 0 Å². The number of carboxylic acids is 1. The summed E-state index contributed by atoms with van der Waals surface area (Å²) in [5.41, 5.74) is 0.492. The average Bonchev–Trinajstić information content (AvgIpc) is 2.80. The number of hydrogen-bond acceptors (Lipinski definition) is 3. The Morgan fingerprint density at radius 1 is 1.24 bits per heavy atom. The van der Waals surface area contributed by atoms with Crippen molar-refractivity contribution in [1.29, 1.82) is 0 Å². The van der Waals surface area contributed by atoms with Gasteiger partial charge in [0.2, 0.25) is 0 Å². The van der Waals surface area contributed by atoms with Crippen LogP contribution >= 0.6 is 11.6 Å². The van der Waals surface area contributed by atoms with Gasteiger partial charge in [0.1, 0.15) is 17.0 Å².